The van der Waals surface area contributed by atoms with Crippen LogP contribution in [0.5, 0.6) is 11.5 Å². The first kappa shape index (κ1) is 16.0. The number of rotatable bonds is 3. The van der Waals surface area contributed by atoms with E-state index in [1.54, 1.807) is 12.1 Å². The highest BCUT2D eigenvalue weighted by molar-refractivity contribution is 7.15. The predicted octanol–water partition coefficient (Wildman–Crippen LogP) is 3.73. The first-order chi connectivity index (χ1) is 11.0. The fourth-order valence-corrected chi connectivity index (χ4v) is 3.06. The van der Waals surface area contributed by atoms with Gasteiger partial charge in [0.2, 0.25) is 5.13 Å². The van der Waals surface area contributed by atoms with E-state index in [4.69, 9.17) is 21.1 Å². The van der Waals surface area contributed by atoms with Crippen LogP contribution in [0, 0.1) is 0 Å². The molecule has 1 aliphatic rings. The number of benzene rings is 1. The van der Waals surface area contributed by atoms with Crippen LogP contribution < -0.4 is 14.8 Å². The molecule has 0 atom stereocenters. The summed E-state index contributed by atoms with van der Waals surface area (Å²) in [6.45, 7) is 5.12. The van der Waals surface area contributed by atoms with E-state index >= 15 is 0 Å². The van der Waals surface area contributed by atoms with Crippen LogP contribution in [0.3, 0.4) is 0 Å². The summed E-state index contributed by atoms with van der Waals surface area (Å²) in [4.78, 5) is 12.4. The molecule has 8 heteroatoms. The topological polar surface area (TPSA) is 73.3 Å². The molecule has 2 heterocycles. The zero-order valence-corrected chi connectivity index (χ0v) is 14.3. The second-order valence-corrected chi connectivity index (χ2v) is 6.81. The number of nitrogens with one attached hydrogen (secondary N) is 1. The number of amides is 1. The van der Waals surface area contributed by atoms with Gasteiger partial charge in [0.25, 0.3) is 5.91 Å². The normalized spacial score (nSPS) is 13.7. The fourth-order valence-electron chi connectivity index (χ4n) is 2.05. The Morgan fingerprint density at radius 3 is 2.83 bits per heavy atom. The SMILES string of the molecule is CC(C)c1nnc(NC(=O)c2cc(Cl)c3c(c2)OCCCO3)s1. The molecule has 0 bridgehead atoms. The molecular formula is C15H16ClN3O3S. The van der Waals surface area contributed by atoms with Crippen molar-refractivity contribution < 1.29 is 14.3 Å². The lowest BCUT2D eigenvalue weighted by Crippen LogP contribution is -2.12. The van der Waals surface area contributed by atoms with Gasteiger partial charge in [-0.05, 0) is 12.1 Å². The van der Waals surface area contributed by atoms with Crippen LogP contribution in [-0.2, 0) is 0 Å². The van der Waals surface area contributed by atoms with Crippen molar-refractivity contribution >= 4 is 34.0 Å². The summed E-state index contributed by atoms with van der Waals surface area (Å²) in [5, 5.41) is 12.4. The zero-order valence-electron chi connectivity index (χ0n) is 12.8. The lowest BCUT2D eigenvalue weighted by Gasteiger charge is -2.11. The summed E-state index contributed by atoms with van der Waals surface area (Å²) in [6.07, 6.45) is 0.773. The molecule has 1 aliphatic heterocycles. The van der Waals surface area contributed by atoms with E-state index in [0.29, 0.717) is 40.4 Å². The Balaban J connectivity index is 1.81. The van der Waals surface area contributed by atoms with Crippen LogP contribution >= 0.6 is 22.9 Å². The quantitative estimate of drug-likeness (QED) is 0.910. The summed E-state index contributed by atoms with van der Waals surface area (Å²) < 4.78 is 11.1. The molecule has 122 valence electrons. The molecule has 0 spiro atoms. The summed E-state index contributed by atoms with van der Waals surface area (Å²) in [5.41, 5.74) is 0.389. The van der Waals surface area contributed by atoms with Crippen molar-refractivity contribution in [2.45, 2.75) is 26.2 Å². The van der Waals surface area contributed by atoms with Gasteiger partial charge in [-0.2, -0.15) is 0 Å². The van der Waals surface area contributed by atoms with Crippen molar-refractivity contribution in [3.8, 4) is 11.5 Å². The summed E-state index contributed by atoms with van der Waals surface area (Å²) in [6, 6.07) is 3.20. The molecule has 0 saturated carbocycles. The zero-order chi connectivity index (χ0) is 16.4. The monoisotopic (exact) mass is 353 g/mol. The Hall–Kier alpha value is -1.86. The minimum Gasteiger partial charge on any atom is -0.489 e. The summed E-state index contributed by atoms with van der Waals surface area (Å²) in [7, 11) is 0. The number of ether oxygens (including phenoxy) is 2. The maximum Gasteiger partial charge on any atom is 0.257 e. The number of aromatic nitrogens is 2. The average molecular weight is 354 g/mol. The summed E-state index contributed by atoms with van der Waals surface area (Å²) >= 11 is 7.56. The molecule has 2 aromatic rings. The highest BCUT2D eigenvalue weighted by Gasteiger charge is 2.19. The van der Waals surface area contributed by atoms with Gasteiger partial charge < -0.3 is 9.47 Å². The molecule has 1 aromatic carbocycles. The van der Waals surface area contributed by atoms with Crippen LogP contribution in [0.1, 0.15) is 41.6 Å². The van der Waals surface area contributed by atoms with Gasteiger partial charge in [-0.25, -0.2) is 0 Å². The van der Waals surface area contributed by atoms with E-state index in [0.717, 1.165) is 11.4 Å². The minimum absolute atomic E-state index is 0.269. The lowest BCUT2D eigenvalue weighted by atomic mass is 10.2. The number of hydrogen-bond acceptors (Lipinski definition) is 6. The molecule has 0 unspecified atom stereocenters. The Morgan fingerprint density at radius 1 is 1.30 bits per heavy atom. The molecule has 23 heavy (non-hydrogen) atoms. The molecule has 0 fully saturated rings. The average Bonchev–Trinajstić information content (AvgIpc) is 2.84. The number of carbonyl (C=O) groups excluding carboxylic acids is 1. The van der Waals surface area contributed by atoms with E-state index in [1.165, 1.54) is 11.3 Å². The second kappa shape index (κ2) is 6.72. The Morgan fingerprint density at radius 2 is 2.09 bits per heavy atom. The number of fused-ring (bicyclic) bond motifs is 1. The van der Waals surface area contributed by atoms with Gasteiger partial charge in [0.05, 0.1) is 18.2 Å². The van der Waals surface area contributed by atoms with Crippen LogP contribution in [-0.4, -0.2) is 29.3 Å². The van der Waals surface area contributed by atoms with E-state index in [2.05, 4.69) is 15.5 Å². The fraction of sp³-hybridized carbons (Fsp3) is 0.400. The van der Waals surface area contributed by atoms with Crippen LogP contribution in [0.2, 0.25) is 5.02 Å². The molecule has 0 saturated heterocycles. The maximum absolute atomic E-state index is 12.4. The molecule has 0 radical (unpaired) electrons. The van der Waals surface area contributed by atoms with Crippen LogP contribution in [0.15, 0.2) is 12.1 Å². The van der Waals surface area contributed by atoms with E-state index < -0.39 is 0 Å². The largest absolute Gasteiger partial charge is 0.489 e. The molecule has 6 nitrogen and oxygen atoms in total. The predicted molar refractivity (Wildman–Crippen MR) is 89.0 cm³/mol. The molecule has 3 rings (SSSR count). The Labute approximate surface area is 142 Å². The number of halogens is 1. The van der Waals surface area contributed by atoms with E-state index in [1.807, 2.05) is 13.8 Å². The molecule has 1 aromatic heterocycles. The third-order valence-corrected chi connectivity index (χ3v) is 4.64. The first-order valence-electron chi connectivity index (χ1n) is 7.28. The third-order valence-electron chi connectivity index (χ3n) is 3.22. The van der Waals surface area contributed by atoms with Gasteiger partial charge in [0, 0.05) is 17.9 Å². The van der Waals surface area contributed by atoms with Gasteiger partial charge in [-0.3, -0.25) is 10.1 Å². The van der Waals surface area contributed by atoms with Gasteiger partial charge in [0.1, 0.15) is 5.01 Å². The van der Waals surface area contributed by atoms with Crippen molar-refractivity contribution in [3.05, 3.63) is 27.7 Å². The van der Waals surface area contributed by atoms with Crippen molar-refractivity contribution in [2.75, 3.05) is 18.5 Å². The van der Waals surface area contributed by atoms with Gasteiger partial charge in [-0.15, -0.1) is 10.2 Å². The maximum atomic E-state index is 12.4. The van der Waals surface area contributed by atoms with Gasteiger partial charge in [0.15, 0.2) is 11.5 Å². The highest BCUT2D eigenvalue weighted by atomic mass is 35.5. The molecule has 1 N–H and O–H groups in total. The molecular weight excluding hydrogens is 338 g/mol. The van der Waals surface area contributed by atoms with E-state index in [-0.39, 0.29) is 11.8 Å². The third kappa shape index (κ3) is 3.56. The van der Waals surface area contributed by atoms with Gasteiger partial charge >= 0.3 is 0 Å². The first-order valence-corrected chi connectivity index (χ1v) is 8.48. The van der Waals surface area contributed by atoms with Gasteiger partial charge in [-0.1, -0.05) is 36.8 Å². The van der Waals surface area contributed by atoms with Crippen molar-refractivity contribution in [1.82, 2.24) is 10.2 Å². The summed E-state index contributed by atoms with van der Waals surface area (Å²) in [5.74, 6) is 0.929. The van der Waals surface area contributed by atoms with Crippen LogP contribution in [0.25, 0.3) is 0 Å². The number of anilines is 1. The standard InChI is InChI=1S/C15H16ClN3O3S/c1-8(2)14-18-19-15(23-14)17-13(20)9-6-10(16)12-11(7-9)21-4-3-5-22-12/h6-8H,3-5H2,1-2H3,(H,17,19,20). The van der Waals surface area contributed by atoms with Crippen molar-refractivity contribution in [2.24, 2.45) is 0 Å². The number of nitrogens with zero attached hydrogens (tertiary/aromatic N) is 2. The van der Waals surface area contributed by atoms with Crippen molar-refractivity contribution in [3.63, 3.8) is 0 Å². The Kier molecular flexibility index (Phi) is 4.68. The van der Waals surface area contributed by atoms with Crippen molar-refractivity contribution in [1.29, 1.82) is 0 Å². The Bertz CT molecular complexity index is 733. The number of hydrogen-bond donors (Lipinski definition) is 1. The smallest absolute Gasteiger partial charge is 0.257 e. The lowest BCUT2D eigenvalue weighted by molar-refractivity contribution is 0.102. The minimum atomic E-state index is -0.311. The van der Waals surface area contributed by atoms with E-state index in [9.17, 15) is 4.79 Å². The second-order valence-electron chi connectivity index (χ2n) is 5.39. The number of carbonyl (C=O) groups is 1. The molecule has 1 amide bonds. The molecule has 0 aliphatic carbocycles. The van der Waals surface area contributed by atoms with Crippen LogP contribution in [0.4, 0.5) is 5.13 Å². The highest BCUT2D eigenvalue weighted by Crippen LogP contribution is 2.38.